The van der Waals surface area contributed by atoms with Gasteiger partial charge in [0.15, 0.2) is 0 Å². The summed E-state index contributed by atoms with van der Waals surface area (Å²) in [6, 6.07) is 0. The largest absolute Gasteiger partial charge is 0.273 e. The number of aromatic nitrogens is 2. The standard InChI is InChI=1S/C8H11FN2O/c1-8(2,3)7(12)11-4-6(9)10-5-11/h4-5H,1-3H3. The van der Waals surface area contributed by atoms with Gasteiger partial charge in [-0.2, -0.15) is 4.39 Å². The zero-order valence-corrected chi connectivity index (χ0v) is 7.34. The van der Waals surface area contributed by atoms with Crippen molar-refractivity contribution in [2.45, 2.75) is 20.8 Å². The SMILES string of the molecule is CC(C)(C)C(=O)n1cnc(F)c1. The van der Waals surface area contributed by atoms with Gasteiger partial charge >= 0.3 is 0 Å². The minimum atomic E-state index is -0.632. The molecule has 0 saturated heterocycles. The van der Waals surface area contributed by atoms with Gasteiger partial charge < -0.3 is 0 Å². The highest BCUT2D eigenvalue weighted by atomic mass is 19.1. The van der Waals surface area contributed by atoms with Crippen molar-refractivity contribution in [2.24, 2.45) is 5.41 Å². The highest BCUT2D eigenvalue weighted by molar-refractivity contribution is 5.83. The number of carbonyl (C=O) groups excluding carboxylic acids is 1. The number of hydrogen-bond acceptors (Lipinski definition) is 2. The smallest absolute Gasteiger partial charge is 0.237 e. The van der Waals surface area contributed by atoms with Crippen LogP contribution in [0.25, 0.3) is 0 Å². The molecule has 0 saturated carbocycles. The van der Waals surface area contributed by atoms with Crippen LogP contribution in [-0.2, 0) is 0 Å². The fourth-order valence-electron chi connectivity index (χ4n) is 0.797. The average Bonchev–Trinajstić information content (AvgIpc) is 2.32. The summed E-state index contributed by atoms with van der Waals surface area (Å²) in [4.78, 5) is 14.8. The van der Waals surface area contributed by atoms with Crippen LogP contribution in [0, 0.1) is 11.4 Å². The highest BCUT2D eigenvalue weighted by Crippen LogP contribution is 2.16. The van der Waals surface area contributed by atoms with E-state index in [0.717, 1.165) is 10.8 Å². The second kappa shape index (κ2) is 2.69. The Labute approximate surface area is 70.2 Å². The maximum absolute atomic E-state index is 12.4. The number of carbonyl (C=O) groups is 1. The van der Waals surface area contributed by atoms with E-state index in [0.29, 0.717) is 0 Å². The van der Waals surface area contributed by atoms with Crippen molar-refractivity contribution >= 4 is 5.91 Å². The maximum Gasteiger partial charge on any atom is 0.237 e. The molecule has 0 spiro atoms. The zero-order chi connectivity index (χ0) is 9.35. The molecule has 1 rings (SSSR count). The lowest BCUT2D eigenvalue weighted by molar-refractivity contribution is 0.0766. The summed E-state index contributed by atoms with van der Waals surface area (Å²) >= 11 is 0. The molecule has 0 atom stereocenters. The van der Waals surface area contributed by atoms with Gasteiger partial charge in [-0.1, -0.05) is 20.8 Å². The molecule has 0 unspecified atom stereocenters. The summed E-state index contributed by atoms with van der Waals surface area (Å²) in [5, 5.41) is 0. The molecule has 3 nitrogen and oxygen atoms in total. The van der Waals surface area contributed by atoms with Crippen molar-refractivity contribution in [3.8, 4) is 0 Å². The van der Waals surface area contributed by atoms with Gasteiger partial charge in [-0.3, -0.25) is 9.36 Å². The Bertz CT molecular complexity index is 298. The van der Waals surface area contributed by atoms with E-state index in [2.05, 4.69) is 4.98 Å². The number of nitrogens with zero attached hydrogens (tertiary/aromatic N) is 2. The van der Waals surface area contributed by atoms with Crippen molar-refractivity contribution in [3.05, 3.63) is 18.5 Å². The number of hydrogen-bond donors (Lipinski definition) is 0. The Balaban J connectivity index is 2.93. The second-order valence-corrected chi connectivity index (χ2v) is 3.66. The molecule has 66 valence electrons. The average molecular weight is 170 g/mol. The molecule has 0 aliphatic heterocycles. The van der Waals surface area contributed by atoms with Gasteiger partial charge in [0, 0.05) is 5.41 Å². The van der Waals surface area contributed by atoms with E-state index in [-0.39, 0.29) is 5.91 Å². The van der Waals surface area contributed by atoms with Crippen LogP contribution in [0.3, 0.4) is 0 Å². The lowest BCUT2D eigenvalue weighted by Gasteiger charge is -2.15. The Kier molecular flexibility index (Phi) is 2.00. The lowest BCUT2D eigenvalue weighted by atomic mass is 9.96. The first-order chi connectivity index (χ1) is 5.41. The third kappa shape index (κ3) is 1.69. The Morgan fingerprint density at radius 1 is 1.58 bits per heavy atom. The van der Waals surface area contributed by atoms with Gasteiger partial charge in [0.2, 0.25) is 11.9 Å². The molecule has 0 fully saturated rings. The molecule has 0 aliphatic carbocycles. The van der Waals surface area contributed by atoms with E-state index in [4.69, 9.17) is 0 Å². The fraction of sp³-hybridized carbons (Fsp3) is 0.500. The fourth-order valence-corrected chi connectivity index (χ4v) is 0.797. The third-order valence-electron chi connectivity index (χ3n) is 1.43. The second-order valence-electron chi connectivity index (χ2n) is 3.66. The van der Waals surface area contributed by atoms with Crippen LogP contribution in [0.15, 0.2) is 12.5 Å². The first-order valence-corrected chi connectivity index (χ1v) is 3.65. The summed E-state index contributed by atoms with van der Waals surface area (Å²) in [5.41, 5.74) is -0.507. The van der Waals surface area contributed by atoms with Crippen LogP contribution in [-0.4, -0.2) is 15.5 Å². The van der Waals surface area contributed by atoms with Crippen LogP contribution in [0.2, 0.25) is 0 Å². The van der Waals surface area contributed by atoms with Gasteiger partial charge in [0.05, 0.1) is 6.20 Å². The van der Waals surface area contributed by atoms with E-state index in [1.807, 2.05) is 0 Å². The summed E-state index contributed by atoms with van der Waals surface area (Å²) in [6.07, 6.45) is 2.26. The van der Waals surface area contributed by atoms with Crippen LogP contribution < -0.4 is 0 Å². The molecule has 0 amide bonds. The van der Waals surface area contributed by atoms with Crippen molar-refractivity contribution in [1.82, 2.24) is 9.55 Å². The van der Waals surface area contributed by atoms with E-state index in [1.165, 1.54) is 6.33 Å². The third-order valence-corrected chi connectivity index (χ3v) is 1.43. The van der Waals surface area contributed by atoms with Crippen molar-refractivity contribution < 1.29 is 9.18 Å². The van der Waals surface area contributed by atoms with Crippen molar-refractivity contribution in [3.63, 3.8) is 0 Å². The minimum Gasteiger partial charge on any atom is -0.273 e. The molecular formula is C8H11FN2O. The molecule has 1 aromatic heterocycles. The summed E-state index contributed by atoms with van der Waals surface area (Å²) in [7, 11) is 0. The quantitative estimate of drug-likeness (QED) is 0.594. The van der Waals surface area contributed by atoms with Crippen LogP contribution in [0.4, 0.5) is 4.39 Å². The van der Waals surface area contributed by atoms with Gasteiger partial charge in [-0.15, -0.1) is 0 Å². The Morgan fingerprint density at radius 2 is 2.17 bits per heavy atom. The monoisotopic (exact) mass is 170 g/mol. The van der Waals surface area contributed by atoms with Gasteiger partial charge in [0.1, 0.15) is 6.33 Å². The van der Waals surface area contributed by atoms with Crippen LogP contribution in [0.5, 0.6) is 0 Å². The summed E-state index contributed by atoms with van der Waals surface area (Å²) in [5.74, 6) is -0.800. The molecule has 4 heteroatoms. The van der Waals surface area contributed by atoms with E-state index in [9.17, 15) is 9.18 Å². The molecular weight excluding hydrogens is 159 g/mol. The van der Waals surface area contributed by atoms with Gasteiger partial charge in [-0.05, 0) is 0 Å². The molecule has 0 N–H and O–H groups in total. The van der Waals surface area contributed by atoms with Crippen molar-refractivity contribution in [2.75, 3.05) is 0 Å². The van der Waals surface area contributed by atoms with E-state index < -0.39 is 11.4 Å². The minimum absolute atomic E-state index is 0.168. The molecule has 0 aromatic carbocycles. The topological polar surface area (TPSA) is 34.9 Å². The predicted molar refractivity (Wildman–Crippen MR) is 42.3 cm³/mol. The number of halogens is 1. The molecule has 0 bridgehead atoms. The molecule has 1 aromatic rings. The van der Waals surface area contributed by atoms with Crippen molar-refractivity contribution in [1.29, 1.82) is 0 Å². The van der Waals surface area contributed by atoms with Gasteiger partial charge in [-0.25, -0.2) is 4.98 Å². The molecule has 12 heavy (non-hydrogen) atoms. The maximum atomic E-state index is 12.4. The molecule has 1 heterocycles. The number of imidazole rings is 1. The first kappa shape index (κ1) is 8.90. The lowest BCUT2D eigenvalue weighted by Crippen LogP contribution is -2.25. The predicted octanol–water partition coefficient (Wildman–Crippen LogP) is 1.71. The van der Waals surface area contributed by atoms with Crippen LogP contribution >= 0.6 is 0 Å². The normalized spacial score (nSPS) is 11.7. The Hall–Kier alpha value is -1.19. The van der Waals surface area contributed by atoms with Gasteiger partial charge in [0.25, 0.3) is 0 Å². The van der Waals surface area contributed by atoms with E-state index in [1.54, 1.807) is 20.8 Å². The van der Waals surface area contributed by atoms with E-state index >= 15 is 0 Å². The molecule has 0 aliphatic rings. The highest BCUT2D eigenvalue weighted by Gasteiger charge is 2.23. The summed E-state index contributed by atoms with van der Waals surface area (Å²) < 4.78 is 13.6. The van der Waals surface area contributed by atoms with Crippen LogP contribution in [0.1, 0.15) is 25.6 Å². The zero-order valence-electron chi connectivity index (χ0n) is 7.34. The molecule has 0 radical (unpaired) electrons. The first-order valence-electron chi connectivity index (χ1n) is 3.65. The number of rotatable bonds is 0. The Morgan fingerprint density at radius 3 is 2.50 bits per heavy atom. The summed E-state index contributed by atoms with van der Waals surface area (Å²) in [6.45, 7) is 5.31.